The van der Waals surface area contributed by atoms with Gasteiger partial charge in [-0.3, -0.25) is 30.3 Å². The fourth-order valence-corrected chi connectivity index (χ4v) is 3.59. The first kappa shape index (κ1) is 24.3. The predicted octanol–water partition coefficient (Wildman–Crippen LogP) is 3.20. The molecule has 0 aliphatic rings. The van der Waals surface area contributed by atoms with E-state index >= 15 is 0 Å². The molecule has 3 aromatic carbocycles. The highest BCUT2D eigenvalue weighted by Gasteiger charge is 2.27. The Morgan fingerprint density at radius 3 is 1.38 bits per heavy atom. The zero-order chi connectivity index (χ0) is 24.8. The molecule has 0 N–H and O–H groups in total. The average Bonchev–Trinajstić information content (AvgIpc) is 2.82. The van der Waals surface area contributed by atoms with E-state index < -0.39 is 21.5 Å². The molecule has 0 unspecified atom stereocenters. The molecule has 0 spiro atoms. The Morgan fingerprint density at radius 2 is 1.06 bits per heavy atom. The van der Waals surface area contributed by atoms with E-state index in [1.165, 1.54) is 36.4 Å². The number of non-ortho nitro benzene ring substituents is 3. The minimum absolute atomic E-state index is 0.0436. The lowest BCUT2D eigenvalue weighted by Crippen LogP contribution is -2.43. The minimum atomic E-state index is -0.482. The Hall–Kier alpha value is -4.38. The Labute approximate surface area is 195 Å². The second-order valence-electron chi connectivity index (χ2n) is 7.86. The predicted molar refractivity (Wildman–Crippen MR) is 131 cm³/mol. The van der Waals surface area contributed by atoms with Gasteiger partial charge in [0.25, 0.3) is 17.1 Å². The van der Waals surface area contributed by atoms with Crippen LogP contribution in [0.25, 0.3) is 5.47 Å². The van der Waals surface area contributed by atoms with Crippen LogP contribution in [0.2, 0.25) is 0 Å². The molecular weight excluding hydrogens is 439 g/mol. The van der Waals surface area contributed by atoms with Gasteiger partial charge in [0, 0.05) is 42.9 Å². The van der Waals surface area contributed by atoms with Crippen molar-refractivity contribution in [3.8, 4) is 0 Å². The molecule has 0 saturated heterocycles. The van der Waals surface area contributed by atoms with Crippen molar-refractivity contribution in [2.24, 2.45) is 0 Å². The first-order valence-corrected chi connectivity index (χ1v) is 10.3. The van der Waals surface area contributed by atoms with Crippen LogP contribution < -0.4 is 10.9 Å². The molecule has 0 amide bonds. The molecule has 0 atom stereocenters. The molecule has 0 aromatic heterocycles. The van der Waals surface area contributed by atoms with Gasteiger partial charge in [-0.15, -0.1) is 0 Å². The van der Waals surface area contributed by atoms with E-state index in [0.717, 1.165) is 22.0 Å². The Balaban J connectivity index is 2.19. The number of hydrogen-bond acceptors (Lipinski definition) is 7. The molecule has 0 bridgehead atoms. The van der Waals surface area contributed by atoms with Gasteiger partial charge in [0.1, 0.15) is 0 Å². The summed E-state index contributed by atoms with van der Waals surface area (Å²) in [7, 11) is 3.80. The van der Waals surface area contributed by atoms with Crippen molar-refractivity contribution in [2.45, 2.75) is 0 Å². The summed E-state index contributed by atoms with van der Waals surface area (Å²) >= 11 is 0. The van der Waals surface area contributed by atoms with Crippen LogP contribution in [0.3, 0.4) is 0 Å². The summed E-state index contributed by atoms with van der Waals surface area (Å²) in [5.74, 6) is 0. The summed E-state index contributed by atoms with van der Waals surface area (Å²) in [4.78, 5) is 33.9. The fraction of sp³-hybridized carbons (Fsp3) is 0.130. The average molecular weight is 460 g/mol. The summed E-state index contributed by atoms with van der Waals surface area (Å²) in [5, 5.41) is 33.4. The Morgan fingerprint density at radius 1 is 0.706 bits per heavy atom. The van der Waals surface area contributed by atoms with Crippen LogP contribution in [0.15, 0.2) is 78.9 Å². The third-order valence-corrected chi connectivity index (χ3v) is 5.27. The zero-order valence-corrected chi connectivity index (χ0v) is 18.5. The maximum Gasteiger partial charge on any atom is 0.269 e. The standard InChI is InChI=1S/C23H21BN4O6/c1-25(2)16-15-23(17-3-9-20(10-4-17)26(29)30)24(18-5-11-21(12-6-18)27(31)32)19-7-13-22(14-8-19)28(33)34/h3-15H,16H2,1-2H3/b23-15-. The molecule has 0 heterocycles. The summed E-state index contributed by atoms with van der Waals surface area (Å²) < 4.78 is 0. The highest BCUT2D eigenvalue weighted by molar-refractivity contribution is 6.99. The molecule has 10 nitrogen and oxygen atoms in total. The third-order valence-electron chi connectivity index (χ3n) is 5.27. The highest BCUT2D eigenvalue weighted by Crippen LogP contribution is 2.23. The SMILES string of the molecule is CN(C)C/C=C(\B(c1ccc([N+](=O)[O-])cc1)c1ccc([N+](=O)[O-])cc1)c1ccc([N+](=O)[O-])cc1. The van der Waals surface area contributed by atoms with Gasteiger partial charge in [0.05, 0.1) is 14.8 Å². The topological polar surface area (TPSA) is 133 Å². The quantitative estimate of drug-likeness (QED) is 0.272. The van der Waals surface area contributed by atoms with E-state index in [-0.39, 0.29) is 17.1 Å². The molecule has 3 aromatic rings. The molecule has 0 aliphatic heterocycles. The van der Waals surface area contributed by atoms with Crippen LogP contribution in [0.4, 0.5) is 17.1 Å². The van der Waals surface area contributed by atoms with Crippen LogP contribution in [0.5, 0.6) is 0 Å². The number of nitrogens with zero attached hydrogens (tertiary/aromatic N) is 4. The second-order valence-corrected chi connectivity index (χ2v) is 7.86. The van der Waals surface area contributed by atoms with Crippen LogP contribution in [0, 0.1) is 30.3 Å². The van der Waals surface area contributed by atoms with Crippen LogP contribution in [-0.4, -0.2) is 47.0 Å². The number of rotatable bonds is 9. The van der Waals surface area contributed by atoms with Gasteiger partial charge >= 0.3 is 0 Å². The smallest absolute Gasteiger partial charge is 0.269 e. The lowest BCUT2D eigenvalue weighted by atomic mass is 9.35. The number of nitro groups is 3. The molecule has 11 heteroatoms. The lowest BCUT2D eigenvalue weighted by Gasteiger charge is -2.20. The van der Waals surface area contributed by atoms with E-state index in [1.54, 1.807) is 36.4 Å². The molecule has 0 fully saturated rings. The van der Waals surface area contributed by atoms with Gasteiger partial charge in [-0.25, -0.2) is 0 Å². The van der Waals surface area contributed by atoms with Gasteiger partial charge in [-0.2, -0.15) is 0 Å². The van der Waals surface area contributed by atoms with Gasteiger partial charge in [-0.1, -0.05) is 46.7 Å². The van der Waals surface area contributed by atoms with E-state index in [1.807, 2.05) is 25.1 Å². The molecule has 3 rings (SSSR count). The fourth-order valence-electron chi connectivity index (χ4n) is 3.59. The van der Waals surface area contributed by atoms with Crippen LogP contribution in [-0.2, 0) is 0 Å². The molecule has 34 heavy (non-hydrogen) atoms. The largest absolute Gasteiger partial charge is 0.306 e. The first-order valence-electron chi connectivity index (χ1n) is 10.3. The number of benzene rings is 3. The second kappa shape index (κ2) is 10.5. The Bertz CT molecular complexity index is 1170. The highest BCUT2D eigenvalue weighted by atomic mass is 16.6. The van der Waals surface area contributed by atoms with Crippen LogP contribution >= 0.6 is 0 Å². The van der Waals surface area contributed by atoms with Crippen molar-refractivity contribution in [1.82, 2.24) is 4.90 Å². The summed E-state index contributed by atoms with van der Waals surface area (Å²) in [6.45, 7) is 0.131. The Kier molecular flexibility index (Phi) is 7.49. The van der Waals surface area contributed by atoms with Gasteiger partial charge < -0.3 is 4.90 Å². The molecule has 0 saturated carbocycles. The normalized spacial score (nSPS) is 11.3. The van der Waals surface area contributed by atoms with E-state index in [2.05, 4.69) is 0 Å². The van der Waals surface area contributed by atoms with Crippen molar-refractivity contribution in [3.05, 3.63) is 115 Å². The number of hydrogen-bond donors (Lipinski definition) is 0. The van der Waals surface area contributed by atoms with Crippen molar-refractivity contribution in [1.29, 1.82) is 0 Å². The van der Waals surface area contributed by atoms with Crippen LogP contribution in [0.1, 0.15) is 5.56 Å². The van der Waals surface area contributed by atoms with Crippen molar-refractivity contribution >= 4 is 40.2 Å². The van der Waals surface area contributed by atoms with E-state index in [4.69, 9.17) is 0 Å². The molecule has 0 radical (unpaired) electrons. The summed E-state index contributed by atoms with van der Waals surface area (Å²) in [6.07, 6.45) is 1.98. The van der Waals surface area contributed by atoms with E-state index in [0.29, 0.717) is 6.54 Å². The van der Waals surface area contributed by atoms with Gasteiger partial charge in [0.2, 0.25) is 6.71 Å². The summed E-state index contributed by atoms with van der Waals surface area (Å²) in [5.41, 5.74) is 2.87. The molecular formula is C23H21BN4O6. The zero-order valence-electron chi connectivity index (χ0n) is 18.5. The third kappa shape index (κ3) is 5.70. The monoisotopic (exact) mass is 460 g/mol. The van der Waals surface area contributed by atoms with Gasteiger partial charge in [0.15, 0.2) is 0 Å². The summed E-state index contributed by atoms with van der Waals surface area (Å²) in [6, 6.07) is 18.4. The van der Waals surface area contributed by atoms with Crippen molar-refractivity contribution in [2.75, 3.05) is 20.6 Å². The van der Waals surface area contributed by atoms with E-state index in [9.17, 15) is 30.3 Å². The molecule has 172 valence electrons. The number of nitro benzene ring substituents is 3. The maximum absolute atomic E-state index is 11.1. The maximum atomic E-state index is 11.1. The van der Waals surface area contributed by atoms with Gasteiger partial charge in [-0.05, 0) is 31.8 Å². The van der Waals surface area contributed by atoms with Crippen molar-refractivity contribution in [3.63, 3.8) is 0 Å². The minimum Gasteiger partial charge on any atom is -0.306 e. The lowest BCUT2D eigenvalue weighted by molar-refractivity contribution is -0.385. The first-order chi connectivity index (χ1) is 16.2. The number of likely N-dealkylation sites (N-methyl/N-ethyl adjacent to an activating group) is 1. The van der Waals surface area contributed by atoms with Crippen molar-refractivity contribution < 1.29 is 14.8 Å². The molecule has 0 aliphatic carbocycles.